The van der Waals surface area contributed by atoms with Crippen LogP contribution in [0.4, 0.5) is 0 Å². The zero-order valence-corrected chi connectivity index (χ0v) is 14.7. The van der Waals surface area contributed by atoms with E-state index in [1.807, 2.05) is 0 Å². The predicted octanol–water partition coefficient (Wildman–Crippen LogP) is 4.10. The van der Waals surface area contributed by atoms with Crippen molar-refractivity contribution in [3.05, 3.63) is 35.4 Å². The molecule has 2 heterocycles. The Labute approximate surface area is 141 Å². The molecule has 1 aromatic carbocycles. The summed E-state index contributed by atoms with van der Waals surface area (Å²) in [4.78, 5) is 2.61. The first-order valence-electron chi connectivity index (χ1n) is 9.29. The molecule has 3 heteroatoms. The maximum Gasteiger partial charge on any atom is 0.162 e. The first-order valence-corrected chi connectivity index (χ1v) is 9.29. The minimum absolute atomic E-state index is 0.107. The summed E-state index contributed by atoms with van der Waals surface area (Å²) in [5.41, 5.74) is 2.63. The van der Waals surface area contributed by atoms with Gasteiger partial charge in [-0.15, -0.1) is 0 Å². The largest absolute Gasteiger partial charge is 0.355 e. The van der Waals surface area contributed by atoms with Crippen molar-refractivity contribution in [3.63, 3.8) is 0 Å². The molecule has 0 aromatic heterocycles. The molecule has 2 atom stereocenters. The summed E-state index contributed by atoms with van der Waals surface area (Å²) >= 11 is 0. The fourth-order valence-electron chi connectivity index (χ4n) is 4.19. The van der Waals surface area contributed by atoms with Crippen molar-refractivity contribution in [2.75, 3.05) is 26.7 Å². The first-order chi connectivity index (χ1) is 11.3. The van der Waals surface area contributed by atoms with Crippen molar-refractivity contribution in [3.8, 4) is 0 Å². The second kappa shape index (κ2) is 7.78. The van der Waals surface area contributed by atoms with Gasteiger partial charge in [0.25, 0.3) is 0 Å². The molecule has 0 bridgehead atoms. The highest BCUT2D eigenvalue weighted by atomic mass is 16.7. The fourth-order valence-corrected chi connectivity index (χ4v) is 4.19. The maximum atomic E-state index is 6.48. The molecule has 3 nitrogen and oxygen atoms in total. The van der Waals surface area contributed by atoms with E-state index in [2.05, 4.69) is 36.1 Å². The van der Waals surface area contributed by atoms with Crippen molar-refractivity contribution >= 4 is 0 Å². The Morgan fingerprint density at radius 3 is 2.96 bits per heavy atom. The van der Waals surface area contributed by atoms with Gasteiger partial charge in [-0.1, -0.05) is 50.5 Å². The molecule has 1 saturated heterocycles. The van der Waals surface area contributed by atoms with Gasteiger partial charge in [-0.2, -0.15) is 0 Å². The van der Waals surface area contributed by atoms with Gasteiger partial charge in [0.1, 0.15) is 5.60 Å². The van der Waals surface area contributed by atoms with Gasteiger partial charge >= 0.3 is 0 Å². The Morgan fingerprint density at radius 2 is 2.13 bits per heavy atom. The topological polar surface area (TPSA) is 21.7 Å². The maximum absolute atomic E-state index is 6.48. The summed E-state index contributed by atoms with van der Waals surface area (Å²) in [6.07, 6.45) is 8.38. The number of rotatable bonds is 6. The first kappa shape index (κ1) is 16.9. The number of piperidine rings is 1. The van der Waals surface area contributed by atoms with E-state index in [1.165, 1.54) is 56.3 Å². The zero-order chi connectivity index (χ0) is 16.1. The lowest BCUT2D eigenvalue weighted by Gasteiger charge is -2.48. The highest BCUT2D eigenvalue weighted by Gasteiger charge is 2.44. The molecule has 0 aliphatic carbocycles. The van der Waals surface area contributed by atoms with Crippen molar-refractivity contribution in [1.29, 1.82) is 0 Å². The van der Waals surface area contributed by atoms with Gasteiger partial charge < -0.3 is 14.4 Å². The third kappa shape index (κ3) is 3.78. The summed E-state index contributed by atoms with van der Waals surface area (Å²) in [5.74, 6) is 0. The van der Waals surface area contributed by atoms with Crippen molar-refractivity contribution in [1.82, 2.24) is 4.90 Å². The second-order valence-corrected chi connectivity index (χ2v) is 7.08. The summed E-state index contributed by atoms with van der Waals surface area (Å²) in [5, 5.41) is 0. The highest BCUT2D eigenvalue weighted by Crippen LogP contribution is 2.42. The van der Waals surface area contributed by atoms with Crippen LogP contribution in [0.15, 0.2) is 24.3 Å². The van der Waals surface area contributed by atoms with Crippen LogP contribution in [-0.4, -0.2) is 37.9 Å². The third-order valence-electron chi connectivity index (χ3n) is 5.38. The van der Waals surface area contributed by atoms with E-state index in [4.69, 9.17) is 9.47 Å². The van der Waals surface area contributed by atoms with Crippen molar-refractivity contribution in [2.45, 2.75) is 63.8 Å². The van der Waals surface area contributed by atoms with Gasteiger partial charge in [0.05, 0.1) is 0 Å². The molecule has 1 spiro atoms. The van der Waals surface area contributed by atoms with Crippen LogP contribution in [0.2, 0.25) is 0 Å². The standard InChI is InChI=1S/C20H31NO2/c1-3-4-5-8-13-21-14-9-12-20(16-21)18-11-7-6-10-17(18)15-19(22-2)23-20/h6-7,10-11,19H,3-5,8-9,12-16H2,1-2H3/t19-,20+/m1/s1. The lowest BCUT2D eigenvalue weighted by atomic mass is 9.80. The van der Waals surface area contributed by atoms with E-state index >= 15 is 0 Å². The Morgan fingerprint density at radius 1 is 1.26 bits per heavy atom. The predicted molar refractivity (Wildman–Crippen MR) is 93.5 cm³/mol. The van der Waals surface area contributed by atoms with Gasteiger partial charge in [0.15, 0.2) is 6.29 Å². The molecule has 0 amide bonds. The Bertz CT molecular complexity index is 504. The number of nitrogens with zero attached hydrogens (tertiary/aromatic N) is 1. The van der Waals surface area contributed by atoms with Crippen LogP contribution in [0, 0.1) is 0 Å². The number of likely N-dealkylation sites (tertiary alicyclic amines) is 1. The quantitative estimate of drug-likeness (QED) is 0.737. The average Bonchev–Trinajstić information content (AvgIpc) is 2.59. The molecule has 128 valence electrons. The second-order valence-electron chi connectivity index (χ2n) is 7.08. The van der Waals surface area contributed by atoms with E-state index in [0.29, 0.717) is 0 Å². The molecule has 1 aromatic rings. The van der Waals surface area contributed by atoms with Gasteiger partial charge in [0.2, 0.25) is 0 Å². The molecule has 2 aliphatic heterocycles. The number of unbranched alkanes of at least 4 members (excludes halogenated alkanes) is 3. The number of hydrogen-bond donors (Lipinski definition) is 0. The third-order valence-corrected chi connectivity index (χ3v) is 5.38. The van der Waals surface area contributed by atoms with Crippen LogP contribution in [-0.2, 0) is 21.5 Å². The fraction of sp³-hybridized carbons (Fsp3) is 0.700. The zero-order valence-electron chi connectivity index (χ0n) is 14.7. The number of ether oxygens (including phenoxy) is 2. The van der Waals surface area contributed by atoms with Crippen molar-refractivity contribution in [2.24, 2.45) is 0 Å². The van der Waals surface area contributed by atoms with Crippen LogP contribution in [0.25, 0.3) is 0 Å². The molecular formula is C20H31NO2. The number of methoxy groups -OCH3 is 1. The molecule has 2 aliphatic rings. The van der Waals surface area contributed by atoms with Crippen LogP contribution in [0.1, 0.15) is 56.6 Å². The lowest BCUT2D eigenvalue weighted by Crippen LogP contribution is -2.52. The summed E-state index contributed by atoms with van der Waals surface area (Å²) in [6.45, 7) is 5.69. The smallest absolute Gasteiger partial charge is 0.162 e. The number of fused-ring (bicyclic) bond motifs is 2. The highest BCUT2D eigenvalue weighted by molar-refractivity contribution is 5.35. The van der Waals surface area contributed by atoms with Gasteiger partial charge in [-0.3, -0.25) is 0 Å². The minimum Gasteiger partial charge on any atom is -0.355 e. The average molecular weight is 317 g/mol. The summed E-state index contributed by atoms with van der Waals surface area (Å²) in [7, 11) is 1.76. The SMILES string of the molecule is CCCCCCN1CCC[C@@]2(C1)O[C@@H](OC)Cc1ccccc12. The Balaban J connectivity index is 1.74. The molecule has 23 heavy (non-hydrogen) atoms. The lowest BCUT2D eigenvalue weighted by molar-refractivity contribution is -0.228. The molecule has 0 unspecified atom stereocenters. The Kier molecular flexibility index (Phi) is 5.73. The van der Waals surface area contributed by atoms with Crippen LogP contribution in [0.3, 0.4) is 0 Å². The van der Waals surface area contributed by atoms with E-state index in [-0.39, 0.29) is 11.9 Å². The van der Waals surface area contributed by atoms with Crippen LogP contribution < -0.4 is 0 Å². The van der Waals surface area contributed by atoms with Gasteiger partial charge in [-0.25, -0.2) is 0 Å². The summed E-state index contributed by atoms with van der Waals surface area (Å²) in [6, 6.07) is 8.79. The minimum atomic E-state index is -0.168. The van der Waals surface area contributed by atoms with E-state index in [9.17, 15) is 0 Å². The number of benzene rings is 1. The van der Waals surface area contributed by atoms with E-state index < -0.39 is 0 Å². The summed E-state index contributed by atoms with van der Waals surface area (Å²) < 4.78 is 12.1. The normalized spacial score (nSPS) is 28.0. The molecule has 0 radical (unpaired) electrons. The van der Waals surface area contributed by atoms with E-state index in [1.54, 1.807) is 7.11 Å². The van der Waals surface area contributed by atoms with E-state index in [0.717, 1.165) is 19.4 Å². The van der Waals surface area contributed by atoms with Gasteiger partial charge in [0, 0.05) is 20.1 Å². The molecule has 0 N–H and O–H groups in total. The Hall–Kier alpha value is -0.900. The monoisotopic (exact) mass is 317 g/mol. The molecule has 1 fully saturated rings. The molecule has 3 rings (SSSR count). The number of hydrogen-bond acceptors (Lipinski definition) is 3. The molecular weight excluding hydrogens is 286 g/mol. The van der Waals surface area contributed by atoms with Crippen LogP contribution >= 0.6 is 0 Å². The van der Waals surface area contributed by atoms with Gasteiger partial charge in [-0.05, 0) is 43.5 Å². The molecule has 0 saturated carbocycles. The van der Waals surface area contributed by atoms with Crippen LogP contribution in [0.5, 0.6) is 0 Å². The van der Waals surface area contributed by atoms with Crippen molar-refractivity contribution < 1.29 is 9.47 Å².